The summed E-state index contributed by atoms with van der Waals surface area (Å²) in [5.74, 6) is 0. The number of anilines is 1. The molecule has 3 N–H and O–H groups in total. The number of benzene rings is 1. The zero-order chi connectivity index (χ0) is 12.8. The van der Waals surface area contributed by atoms with Crippen molar-refractivity contribution in [3.05, 3.63) is 24.3 Å². The van der Waals surface area contributed by atoms with Crippen LogP contribution in [0.1, 0.15) is 19.3 Å². The van der Waals surface area contributed by atoms with E-state index in [2.05, 4.69) is 4.72 Å². The summed E-state index contributed by atoms with van der Waals surface area (Å²) < 4.78 is 32.8. The van der Waals surface area contributed by atoms with Gasteiger partial charge in [-0.1, -0.05) is 12.1 Å². The molecule has 2 bridgehead atoms. The molecule has 0 aliphatic carbocycles. The third kappa shape index (κ3) is 2.00. The summed E-state index contributed by atoms with van der Waals surface area (Å²) in [5, 5.41) is 0. The number of hydrogen-bond acceptors (Lipinski definition) is 4. The molecule has 98 valence electrons. The topological polar surface area (TPSA) is 81.4 Å². The van der Waals surface area contributed by atoms with E-state index in [1.807, 2.05) is 0 Å². The Kier molecular flexibility index (Phi) is 2.80. The number of ether oxygens (including phenoxy) is 1. The molecule has 1 aromatic rings. The molecule has 0 amide bonds. The van der Waals surface area contributed by atoms with Crippen LogP contribution in [0.5, 0.6) is 0 Å². The molecule has 3 atom stereocenters. The molecule has 0 spiro atoms. The van der Waals surface area contributed by atoms with E-state index in [0.29, 0.717) is 0 Å². The Morgan fingerprint density at radius 3 is 2.67 bits per heavy atom. The van der Waals surface area contributed by atoms with E-state index in [1.165, 1.54) is 6.07 Å². The van der Waals surface area contributed by atoms with Gasteiger partial charge in [-0.2, -0.15) is 0 Å². The molecule has 18 heavy (non-hydrogen) atoms. The summed E-state index contributed by atoms with van der Waals surface area (Å²) in [4.78, 5) is 0.146. The smallest absolute Gasteiger partial charge is 0.242 e. The van der Waals surface area contributed by atoms with Crippen LogP contribution in [0.3, 0.4) is 0 Å². The molecule has 2 heterocycles. The molecule has 3 rings (SSSR count). The lowest BCUT2D eigenvalue weighted by molar-refractivity contribution is 0.0996. The predicted molar refractivity (Wildman–Crippen MR) is 67.5 cm³/mol. The molecule has 0 radical (unpaired) electrons. The molecule has 5 nitrogen and oxygen atoms in total. The Morgan fingerprint density at radius 2 is 2.06 bits per heavy atom. The summed E-state index contributed by atoms with van der Waals surface area (Å²) in [6.07, 6.45) is 2.97. The number of nitrogens with one attached hydrogen (secondary N) is 1. The van der Waals surface area contributed by atoms with Gasteiger partial charge in [0.1, 0.15) is 4.90 Å². The van der Waals surface area contributed by atoms with Gasteiger partial charge in [-0.3, -0.25) is 0 Å². The van der Waals surface area contributed by atoms with Crippen LogP contribution in [0.2, 0.25) is 0 Å². The third-order valence-electron chi connectivity index (χ3n) is 3.62. The quantitative estimate of drug-likeness (QED) is 0.797. The summed E-state index contributed by atoms with van der Waals surface area (Å²) >= 11 is 0. The Labute approximate surface area is 106 Å². The Bertz CT molecular complexity index is 558. The van der Waals surface area contributed by atoms with E-state index >= 15 is 0 Å². The van der Waals surface area contributed by atoms with Crippen LogP contribution < -0.4 is 10.5 Å². The van der Waals surface area contributed by atoms with Crippen molar-refractivity contribution in [2.24, 2.45) is 0 Å². The van der Waals surface area contributed by atoms with Crippen LogP contribution >= 0.6 is 0 Å². The maximum absolute atomic E-state index is 12.2. The van der Waals surface area contributed by atoms with E-state index in [4.69, 9.17) is 10.5 Å². The monoisotopic (exact) mass is 268 g/mol. The Balaban J connectivity index is 1.82. The van der Waals surface area contributed by atoms with Gasteiger partial charge in [0, 0.05) is 0 Å². The number of rotatable bonds is 3. The van der Waals surface area contributed by atoms with Crippen LogP contribution in [0.4, 0.5) is 5.69 Å². The summed E-state index contributed by atoms with van der Waals surface area (Å²) in [6.45, 7) is 0. The largest absolute Gasteiger partial charge is 0.398 e. The van der Waals surface area contributed by atoms with Crippen molar-refractivity contribution in [1.29, 1.82) is 0 Å². The average Bonchev–Trinajstić information content (AvgIpc) is 2.90. The van der Waals surface area contributed by atoms with Gasteiger partial charge >= 0.3 is 0 Å². The SMILES string of the molecule is Nc1ccccc1S(=O)(=O)NC1CC2CCC1O2. The number of nitrogens with two attached hydrogens (primary N) is 1. The minimum atomic E-state index is -3.55. The lowest BCUT2D eigenvalue weighted by Gasteiger charge is -2.20. The highest BCUT2D eigenvalue weighted by molar-refractivity contribution is 7.89. The van der Waals surface area contributed by atoms with Gasteiger partial charge in [-0.25, -0.2) is 13.1 Å². The average molecular weight is 268 g/mol. The minimum Gasteiger partial charge on any atom is -0.398 e. The normalized spacial score (nSPS) is 30.8. The molecular formula is C12H16N2O3S. The van der Waals surface area contributed by atoms with Gasteiger partial charge in [0.2, 0.25) is 10.0 Å². The Hall–Kier alpha value is -1.11. The lowest BCUT2D eigenvalue weighted by Crippen LogP contribution is -2.41. The van der Waals surface area contributed by atoms with Crippen molar-refractivity contribution in [1.82, 2.24) is 4.72 Å². The molecular weight excluding hydrogens is 252 g/mol. The van der Waals surface area contributed by atoms with E-state index in [1.54, 1.807) is 18.2 Å². The minimum absolute atomic E-state index is 0.0229. The first-order chi connectivity index (χ1) is 8.56. The maximum atomic E-state index is 12.2. The highest BCUT2D eigenvalue weighted by Gasteiger charge is 2.42. The lowest BCUT2D eigenvalue weighted by atomic mass is 9.96. The van der Waals surface area contributed by atoms with Gasteiger partial charge in [-0.05, 0) is 31.4 Å². The fourth-order valence-corrected chi connectivity index (χ4v) is 4.16. The van der Waals surface area contributed by atoms with Crippen molar-refractivity contribution in [3.63, 3.8) is 0 Å². The van der Waals surface area contributed by atoms with Crippen molar-refractivity contribution in [3.8, 4) is 0 Å². The number of sulfonamides is 1. The highest BCUT2D eigenvalue weighted by Crippen LogP contribution is 2.35. The van der Waals surface area contributed by atoms with Crippen molar-refractivity contribution < 1.29 is 13.2 Å². The van der Waals surface area contributed by atoms with E-state index < -0.39 is 10.0 Å². The van der Waals surface area contributed by atoms with Crippen LogP contribution in [0.25, 0.3) is 0 Å². The predicted octanol–water partition coefficient (Wildman–Crippen LogP) is 0.867. The van der Waals surface area contributed by atoms with Crippen molar-refractivity contribution in [2.75, 3.05) is 5.73 Å². The van der Waals surface area contributed by atoms with Crippen LogP contribution in [0, 0.1) is 0 Å². The molecule has 2 aliphatic heterocycles. The highest BCUT2D eigenvalue weighted by atomic mass is 32.2. The van der Waals surface area contributed by atoms with Crippen molar-refractivity contribution in [2.45, 2.75) is 42.4 Å². The molecule has 1 aromatic carbocycles. The standard InChI is InChI=1S/C12H16N2O3S/c13-9-3-1-2-4-12(9)18(15,16)14-10-7-8-5-6-11(10)17-8/h1-4,8,10-11,14H,5-7,13H2. The van der Waals surface area contributed by atoms with E-state index in [0.717, 1.165) is 19.3 Å². The first-order valence-electron chi connectivity index (χ1n) is 6.08. The summed E-state index contributed by atoms with van der Waals surface area (Å²) in [7, 11) is -3.55. The van der Waals surface area contributed by atoms with Gasteiger partial charge in [-0.15, -0.1) is 0 Å². The van der Waals surface area contributed by atoms with Crippen LogP contribution in [-0.4, -0.2) is 26.7 Å². The second-order valence-electron chi connectivity index (χ2n) is 4.88. The first kappa shape index (κ1) is 12.0. The second kappa shape index (κ2) is 4.22. The summed E-state index contributed by atoms with van der Waals surface area (Å²) in [6, 6.07) is 6.38. The molecule has 3 unspecified atom stereocenters. The summed E-state index contributed by atoms with van der Waals surface area (Å²) in [5.41, 5.74) is 5.98. The van der Waals surface area contributed by atoms with Crippen LogP contribution in [0.15, 0.2) is 29.2 Å². The van der Waals surface area contributed by atoms with E-state index in [9.17, 15) is 8.42 Å². The van der Waals surface area contributed by atoms with Gasteiger partial charge in [0.05, 0.1) is 23.9 Å². The third-order valence-corrected chi connectivity index (χ3v) is 5.18. The maximum Gasteiger partial charge on any atom is 0.242 e. The fourth-order valence-electron chi connectivity index (χ4n) is 2.75. The zero-order valence-corrected chi connectivity index (χ0v) is 10.7. The van der Waals surface area contributed by atoms with Crippen LogP contribution in [-0.2, 0) is 14.8 Å². The number of nitrogen functional groups attached to an aromatic ring is 1. The molecule has 0 aromatic heterocycles. The van der Waals surface area contributed by atoms with Gasteiger partial charge in [0.25, 0.3) is 0 Å². The van der Waals surface area contributed by atoms with Crippen molar-refractivity contribution >= 4 is 15.7 Å². The molecule has 0 saturated carbocycles. The zero-order valence-electron chi connectivity index (χ0n) is 9.87. The number of para-hydroxylation sites is 1. The Morgan fingerprint density at radius 1 is 1.28 bits per heavy atom. The fraction of sp³-hybridized carbons (Fsp3) is 0.500. The molecule has 2 aliphatic rings. The van der Waals surface area contributed by atoms with E-state index in [-0.39, 0.29) is 28.8 Å². The first-order valence-corrected chi connectivity index (χ1v) is 7.57. The number of fused-ring (bicyclic) bond motifs is 2. The van der Waals surface area contributed by atoms with Gasteiger partial charge in [0.15, 0.2) is 0 Å². The second-order valence-corrected chi connectivity index (χ2v) is 6.56. The molecule has 2 saturated heterocycles. The number of hydrogen-bond donors (Lipinski definition) is 2. The molecule has 6 heteroatoms. The molecule has 2 fully saturated rings. The van der Waals surface area contributed by atoms with Gasteiger partial charge < -0.3 is 10.5 Å².